The van der Waals surface area contributed by atoms with Gasteiger partial charge in [-0.3, -0.25) is 14.5 Å². The first kappa shape index (κ1) is 16.7. The van der Waals surface area contributed by atoms with Crippen molar-refractivity contribution in [2.75, 3.05) is 4.90 Å². The molecule has 3 nitrogen and oxygen atoms in total. The van der Waals surface area contributed by atoms with Gasteiger partial charge in [0.25, 0.3) is 0 Å². The molecule has 0 saturated carbocycles. The van der Waals surface area contributed by atoms with Crippen LogP contribution in [0, 0.1) is 12.7 Å². The Labute approximate surface area is 152 Å². The largest absolute Gasteiger partial charge is 0.294 e. The highest BCUT2D eigenvalue weighted by molar-refractivity contribution is 6.07. The van der Waals surface area contributed by atoms with Crippen LogP contribution < -0.4 is 4.90 Å². The topological polar surface area (TPSA) is 37.4 Å². The van der Waals surface area contributed by atoms with Crippen molar-refractivity contribution in [2.45, 2.75) is 38.5 Å². The fraction of sp³-hybridized carbons (Fsp3) is 0.273. The zero-order valence-electron chi connectivity index (χ0n) is 14.7. The highest BCUT2D eigenvalue weighted by Gasteiger charge is 2.39. The van der Waals surface area contributed by atoms with Crippen molar-refractivity contribution >= 4 is 17.4 Å². The molecule has 1 atom stereocenters. The van der Waals surface area contributed by atoms with Gasteiger partial charge in [0, 0.05) is 35.7 Å². The maximum Gasteiger partial charge on any atom is 0.232 e. The summed E-state index contributed by atoms with van der Waals surface area (Å²) < 4.78 is 13.3. The Morgan fingerprint density at radius 3 is 2.46 bits per heavy atom. The predicted molar refractivity (Wildman–Crippen MR) is 98.3 cm³/mol. The number of carbonyl (C=O) groups excluding carboxylic acids is 2. The minimum absolute atomic E-state index is 0.0432. The van der Waals surface area contributed by atoms with Crippen molar-refractivity contribution in [3.8, 4) is 0 Å². The molecule has 1 aliphatic heterocycles. The van der Waals surface area contributed by atoms with Gasteiger partial charge in [-0.15, -0.1) is 0 Å². The zero-order chi connectivity index (χ0) is 18.3. The number of nitrogens with zero attached hydrogens (tertiary/aromatic N) is 1. The Hall–Kier alpha value is -2.75. The average molecular weight is 349 g/mol. The van der Waals surface area contributed by atoms with Gasteiger partial charge < -0.3 is 0 Å². The molecule has 0 aromatic heterocycles. The Balaban J connectivity index is 1.87. The number of hydrogen-bond acceptors (Lipinski definition) is 2. The summed E-state index contributed by atoms with van der Waals surface area (Å²) in [5.41, 5.74) is 4.31. The molecule has 0 spiro atoms. The van der Waals surface area contributed by atoms with Crippen LogP contribution in [0.25, 0.3) is 0 Å². The van der Waals surface area contributed by atoms with Crippen molar-refractivity contribution in [1.82, 2.24) is 0 Å². The standard InChI is InChI=1S/C22H20FNO2/c1-14-5-2-3-6-17(14)18-13-21(26)24(16-11-9-15(23)10-12-16)19-7-4-8-20(25)22(18)19/h2-3,5-6,9-12,18H,4,7-8,13H2,1H3/t18-/m1/s1. The van der Waals surface area contributed by atoms with Crippen LogP contribution in [0.1, 0.15) is 42.7 Å². The van der Waals surface area contributed by atoms with E-state index >= 15 is 0 Å². The number of anilines is 1. The monoisotopic (exact) mass is 349 g/mol. The third-order valence-electron chi connectivity index (χ3n) is 5.32. The second-order valence-electron chi connectivity index (χ2n) is 6.96. The lowest BCUT2D eigenvalue weighted by molar-refractivity contribution is -0.119. The fourth-order valence-electron chi connectivity index (χ4n) is 4.13. The first-order chi connectivity index (χ1) is 12.6. The Morgan fingerprint density at radius 1 is 1.00 bits per heavy atom. The van der Waals surface area contributed by atoms with Crippen molar-refractivity contribution in [1.29, 1.82) is 0 Å². The first-order valence-electron chi connectivity index (χ1n) is 8.96. The summed E-state index contributed by atoms with van der Waals surface area (Å²) in [7, 11) is 0. The Kier molecular flexibility index (Phi) is 4.19. The van der Waals surface area contributed by atoms with E-state index in [0.29, 0.717) is 18.5 Å². The summed E-state index contributed by atoms with van der Waals surface area (Å²) in [5.74, 6) is -0.453. The molecule has 0 bridgehead atoms. The molecule has 1 heterocycles. The molecule has 2 aromatic rings. The molecule has 2 aliphatic rings. The number of carbonyl (C=O) groups is 2. The summed E-state index contributed by atoms with van der Waals surface area (Å²) in [6.07, 6.45) is 2.20. The van der Waals surface area contributed by atoms with Crippen molar-refractivity contribution in [3.63, 3.8) is 0 Å². The van der Waals surface area contributed by atoms with Crippen LogP contribution in [0.15, 0.2) is 59.8 Å². The summed E-state index contributed by atoms with van der Waals surface area (Å²) in [6.45, 7) is 2.01. The van der Waals surface area contributed by atoms with Crippen LogP contribution in [0.5, 0.6) is 0 Å². The molecular formula is C22H20FNO2. The number of ketones is 1. The lowest BCUT2D eigenvalue weighted by Gasteiger charge is -2.38. The maximum absolute atomic E-state index is 13.3. The summed E-state index contributed by atoms with van der Waals surface area (Å²) in [6, 6.07) is 13.8. The molecule has 0 N–H and O–H groups in total. The smallest absolute Gasteiger partial charge is 0.232 e. The Morgan fingerprint density at radius 2 is 1.73 bits per heavy atom. The molecular weight excluding hydrogens is 329 g/mol. The minimum atomic E-state index is -0.343. The second-order valence-corrected chi connectivity index (χ2v) is 6.96. The highest BCUT2D eigenvalue weighted by atomic mass is 19.1. The zero-order valence-corrected chi connectivity index (χ0v) is 14.7. The molecule has 4 heteroatoms. The van der Waals surface area contributed by atoms with E-state index in [4.69, 9.17) is 0 Å². The van der Waals surface area contributed by atoms with Crippen molar-refractivity contribution in [3.05, 3.63) is 76.7 Å². The number of hydrogen-bond donors (Lipinski definition) is 0. The number of allylic oxidation sites excluding steroid dienone is 2. The minimum Gasteiger partial charge on any atom is -0.294 e. The summed E-state index contributed by atoms with van der Waals surface area (Å²) in [5, 5.41) is 0. The van der Waals surface area contributed by atoms with E-state index in [-0.39, 0.29) is 29.8 Å². The molecule has 0 unspecified atom stereocenters. The molecule has 0 radical (unpaired) electrons. The lowest BCUT2D eigenvalue weighted by atomic mass is 9.76. The normalized spacial score (nSPS) is 20.4. The van der Waals surface area contributed by atoms with Crippen LogP contribution in [0.4, 0.5) is 10.1 Å². The highest BCUT2D eigenvalue weighted by Crippen LogP contribution is 2.43. The van der Waals surface area contributed by atoms with Gasteiger partial charge in [-0.1, -0.05) is 24.3 Å². The average Bonchev–Trinajstić information content (AvgIpc) is 2.63. The van der Waals surface area contributed by atoms with Gasteiger partial charge in [-0.2, -0.15) is 0 Å². The number of rotatable bonds is 2. The van der Waals surface area contributed by atoms with Crippen molar-refractivity contribution in [2.24, 2.45) is 0 Å². The number of benzene rings is 2. The van der Waals surface area contributed by atoms with E-state index in [1.54, 1.807) is 17.0 Å². The van der Waals surface area contributed by atoms with Gasteiger partial charge in [0.15, 0.2) is 5.78 Å². The van der Waals surface area contributed by atoms with E-state index in [0.717, 1.165) is 28.8 Å². The molecule has 0 fully saturated rings. The number of aryl methyl sites for hydroxylation is 1. The SMILES string of the molecule is Cc1ccccc1[C@H]1CC(=O)N(c2ccc(F)cc2)C2=C1C(=O)CCC2. The predicted octanol–water partition coefficient (Wildman–Crippen LogP) is 4.66. The third kappa shape index (κ3) is 2.75. The fourth-order valence-corrected chi connectivity index (χ4v) is 4.13. The van der Waals surface area contributed by atoms with E-state index in [9.17, 15) is 14.0 Å². The molecule has 26 heavy (non-hydrogen) atoms. The molecule has 1 aliphatic carbocycles. The lowest BCUT2D eigenvalue weighted by Crippen LogP contribution is -2.40. The van der Waals surface area contributed by atoms with E-state index in [1.165, 1.54) is 12.1 Å². The molecule has 1 amide bonds. The third-order valence-corrected chi connectivity index (χ3v) is 5.32. The Bertz CT molecular complexity index is 914. The van der Waals surface area contributed by atoms with Crippen LogP contribution in [-0.2, 0) is 9.59 Å². The number of amides is 1. The van der Waals surface area contributed by atoms with E-state index in [2.05, 4.69) is 0 Å². The van der Waals surface area contributed by atoms with Gasteiger partial charge in [0.1, 0.15) is 5.82 Å². The number of Topliss-reactive ketones (excluding diaryl/α,β-unsaturated/α-hetero) is 1. The van der Waals surface area contributed by atoms with Crippen LogP contribution in [0.3, 0.4) is 0 Å². The first-order valence-corrected chi connectivity index (χ1v) is 8.96. The van der Waals surface area contributed by atoms with Crippen LogP contribution >= 0.6 is 0 Å². The van der Waals surface area contributed by atoms with Gasteiger partial charge in [0.05, 0.1) is 0 Å². The summed E-state index contributed by atoms with van der Waals surface area (Å²) in [4.78, 5) is 27.5. The summed E-state index contributed by atoms with van der Waals surface area (Å²) >= 11 is 0. The van der Waals surface area contributed by atoms with Gasteiger partial charge in [0.2, 0.25) is 5.91 Å². The van der Waals surface area contributed by atoms with E-state index in [1.807, 2.05) is 31.2 Å². The van der Waals surface area contributed by atoms with E-state index < -0.39 is 0 Å². The van der Waals surface area contributed by atoms with Crippen LogP contribution in [0.2, 0.25) is 0 Å². The number of halogens is 1. The van der Waals surface area contributed by atoms with Gasteiger partial charge in [-0.25, -0.2) is 4.39 Å². The van der Waals surface area contributed by atoms with Gasteiger partial charge >= 0.3 is 0 Å². The molecule has 132 valence electrons. The maximum atomic E-state index is 13.3. The van der Waals surface area contributed by atoms with Crippen molar-refractivity contribution < 1.29 is 14.0 Å². The molecule has 2 aromatic carbocycles. The van der Waals surface area contributed by atoms with Crippen LogP contribution in [-0.4, -0.2) is 11.7 Å². The second kappa shape index (κ2) is 6.52. The quantitative estimate of drug-likeness (QED) is 0.791. The van der Waals surface area contributed by atoms with Gasteiger partial charge in [-0.05, 0) is 55.2 Å². The molecule has 4 rings (SSSR count). The molecule has 0 saturated heterocycles.